The van der Waals surface area contributed by atoms with Crippen molar-refractivity contribution < 1.29 is 22.7 Å². The molecule has 2 heterocycles. The number of halogens is 3. The predicted octanol–water partition coefficient (Wildman–Crippen LogP) is 3.35. The molecule has 0 radical (unpaired) electrons. The highest BCUT2D eigenvalue weighted by Gasteiger charge is 2.30. The number of rotatable bonds is 5. The highest BCUT2D eigenvalue weighted by atomic mass is 19.4. The van der Waals surface area contributed by atoms with E-state index in [0.29, 0.717) is 25.6 Å². The molecule has 1 amide bonds. The van der Waals surface area contributed by atoms with Crippen LogP contribution in [0.5, 0.6) is 5.88 Å². The SMILES string of the molecule is Cc1cccc(OCC2CCCN(C(=O)CCC(F)(F)F)C2)n1. The fraction of sp³-hybridized carbons (Fsp3) is 0.625. The quantitative estimate of drug-likeness (QED) is 0.831. The van der Waals surface area contributed by atoms with E-state index in [1.54, 1.807) is 6.07 Å². The maximum absolute atomic E-state index is 12.2. The van der Waals surface area contributed by atoms with Gasteiger partial charge < -0.3 is 9.64 Å². The van der Waals surface area contributed by atoms with Crippen LogP contribution in [-0.2, 0) is 4.79 Å². The normalized spacial score (nSPS) is 18.8. The van der Waals surface area contributed by atoms with Crippen molar-refractivity contribution in [3.05, 3.63) is 23.9 Å². The zero-order valence-corrected chi connectivity index (χ0v) is 13.1. The topological polar surface area (TPSA) is 42.4 Å². The summed E-state index contributed by atoms with van der Waals surface area (Å²) in [5.41, 5.74) is 0.857. The van der Waals surface area contributed by atoms with Gasteiger partial charge in [-0.2, -0.15) is 13.2 Å². The third kappa shape index (κ3) is 6.08. The lowest BCUT2D eigenvalue weighted by Crippen LogP contribution is -2.41. The van der Waals surface area contributed by atoms with Gasteiger partial charge in [0.25, 0.3) is 0 Å². The number of pyridine rings is 1. The van der Waals surface area contributed by atoms with Gasteiger partial charge in [-0.1, -0.05) is 6.07 Å². The number of ether oxygens (including phenoxy) is 1. The molecule has 128 valence electrons. The molecule has 0 saturated carbocycles. The predicted molar refractivity (Wildman–Crippen MR) is 79.1 cm³/mol. The fourth-order valence-electron chi connectivity index (χ4n) is 2.64. The number of likely N-dealkylation sites (tertiary alicyclic amines) is 1. The minimum Gasteiger partial charge on any atom is -0.477 e. The van der Waals surface area contributed by atoms with Crippen molar-refractivity contribution in [2.24, 2.45) is 5.92 Å². The minimum absolute atomic E-state index is 0.126. The number of piperidine rings is 1. The average molecular weight is 330 g/mol. The van der Waals surface area contributed by atoms with Gasteiger partial charge in [0.1, 0.15) is 0 Å². The van der Waals surface area contributed by atoms with E-state index >= 15 is 0 Å². The molecule has 1 aromatic heterocycles. The molecule has 0 bridgehead atoms. The van der Waals surface area contributed by atoms with Crippen molar-refractivity contribution in [3.8, 4) is 5.88 Å². The van der Waals surface area contributed by atoms with E-state index in [9.17, 15) is 18.0 Å². The van der Waals surface area contributed by atoms with Gasteiger partial charge in [-0.3, -0.25) is 4.79 Å². The molecule has 1 aliphatic heterocycles. The van der Waals surface area contributed by atoms with E-state index in [0.717, 1.165) is 18.5 Å². The van der Waals surface area contributed by atoms with Crippen LogP contribution in [0.4, 0.5) is 13.2 Å². The first kappa shape index (κ1) is 17.6. The number of aryl methyl sites for hydroxylation is 1. The number of nitrogens with zero attached hydrogens (tertiary/aromatic N) is 2. The number of carbonyl (C=O) groups excluding carboxylic acids is 1. The largest absolute Gasteiger partial charge is 0.477 e. The first-order valence-electron chi connectivity index (χ1n) is 7.74. The molecule has 1 aromatic rings. The van der Waals surface area contributed by atoms with Gasteiger partial charge in [0.05, 0.1) is 13.0 Å². The second-order valence-corrected chi connectivity index (χ2v) is 5.89. The molecule has 1 aliphatic rings. The van der Waals surface area contributed by atoms with Crippen LogP contribution in [0.15, 0.2) is 18.2 Å². The molecule has 4 nitrogen and oxygen atoms in total. The Morgan fingerprint density at radius 3 is 2.91 bits per heavy atom. The molecule has 2 rings (SSSR count). The lowest BCUT2D eigenvalue weighted by atomic mass is 9.98. The van der Waals surface area contributed by atoms with Gasteiger partial charge in [-0.15, -0.1) is 0 Å². The third-order valence-corrected chi connectivity index (χ3v) is 3.82. The number of alkyl halides is 3. The van der Waals surface area contributed by atoms with Crippen LogP contribution in [0.1, 0.15) is 31.4 Å². The molecule has 1 fully saturated rings. The summed E-state index contributed by atoms with van der Waals surface area (Å²) in [6.45, 7) is 3.26. The van der Waals surface area contributed by atoms with Crippen LogP contribution < -0.4 is 4.74 Å². The summed E-state index contributed by atoms with van der Waals surface area (Å²) >= 11 is 0. The Hall–Kier alpha value is -1.79. The molecule has 0 aliphatic carbocycles. The highest BCUT2D eigenvalue weighted by Crippen LogP contribution is 2.24. The second-order valence-electron chi connectivity index (χ2n) is 5.89. The van der Waals surface area contributed by atoms with Gasteiger partial charge in [0, 0.05) is 37.2 Å². The van der Waals surface area contributed by atoms with E-state index in [1.807, 2.05) is 19.1 Å². The lowest BCUT2D eigenvalue weighted by molar-refractivity contribution is -0.150. The Morgan fingerprint density at radius 1 is 1.43 bits per heavy atom. The average Bonchev–Trinajstić information content (AvgIpc) is 2.50. The van der Waals surface area contributed by atoms with Crippen molar-refractivity contribution in [2.45, 2.75) is 38.8 Å². The smallest absolute Gasteiger partial charge is 0.389 e. The van der Waals surface area contributed by atoms with Crippen LogP contribution in [0.25, 0.3) is 0 Å². The molecule has 0 N–H and O–H groups in total. The van der Waals surface area contributed by atoms with Crippen LogP contribution in [0, 0.1) is 12.8 Å². The van der Waals surface area contributed by atoms with Crippen LogP contribution in [0.3, 0.4) is 0 Å². The number of hydrogen-bond acceptors (Lipinski definition) is 3. The van der Waals surface area contributed by atoms with E-state index < -0.39 is 24.9 Å². The van der Waals surface area contributed by atoms with Crippen molar-refractivity contribution in [3.63, 3.8) is 0 Å². The molecule has 23 heavy (non-hydrogen) atoms. The van der Waals surface area contributed by atoms with Gasteiger partial charge in [-0.25, -0.2) is 4.98 Å². The summed E-state index contributed by atoms with van der Waals surface area (Å²) in [6, 6.07) is 5.49. The third-order valence-electron chi connectivity index (χ3n) is 3.82. The molecular weight excluding hydrogens is 309 g/mol. The Labute approximate surface area is 133 Å². The Morgan fingerprint density at radius 2 is 2.22 bits per heavy atom. The van der Waals surface area contributed by atoms with Crippen LogP contribution in [0.2, 0.25) is 0 Å². The van der Waals surface area contributed by atoms with Gasteiger partial charge in [-0.05, 0) is 25.8 Å². The monoisotopic (exact) mass is 330 g/mol. The summed E-state index contributed by atoms with van der Waals surface area (Å²) in [5.74, 6) is 0.229. The van der Waals surface area contributed by atoms with Crippen molar-refractivity contribution in [2.75, 3.05) is 19.7 Å². The number of aromatic nitrogens is 1. The zero-order valence-electron chi connectivity index (χ0n) is 13.1. The molecule has 0 spiro atoms. The highest BCUT2D eigenvalue weighted by molar-refractivity contribution is 5.76. The molecule has 1 unspecified atom stereocenters. The molecule has 1 atom stereocenters. The minimum atomic E-state index is -4.29. The summed E-state index contributed by atoms with van der Waals surface area (Å²) in [6.07, 6.45) is -4.14. The standard InChI is InChI=1S/C16H21F3N2O2/c1-12-4-2-6-14(20-12)23-11-13-5-3-9-21(10-13)15(22)7-8-16(17,18)19/h2,4,6,13H,3,5,7-11H2,1H3. The Kier molecular flexibility index (Phi) is 5.85. The number of hydrogen-bond donors (Lipinski definition) is 0. The van der Waals surface area contributed by atoms with E-state index in [2.05, 4.69) is 4.98 Å². The van der Waals surface area contributed by atoms with E-state index in [4.69, 9.17) is 4.74 Å². The summed E-state index contributed by atoms with van der Waals surface area (Å²) in [4.78, 5) is 17.6. The summed E-state index contributed by atoms with van der Waals surface area (Å²) in [5, 5.41) is 0. The first-order valence-corrected chi connectivity index (χ1v) is 7.74. The lowest BCUT2D eigenvalue weighted by Gasteiger charge is -2.32. The maximum Gasteiger partial charge on any atom is 0.389 e. The van der Waals surface area contributed by atoms with Crippen molar-refractivity contribution in [1.29, 1.82) is 0 Å². The Balaban J connectivity index is 1.80. The molecular formula is C16H21F3N2O2. The van der Waals surface area contributed by atoms with Crippen molar-refractivity contribution >= 4 is 5.91 Å². The molecule has 1 saturated heterocycles. The number of amides is 1. The van der Waals surface area contributed by atoms with Gasteiger partial charge in [0.15, 0.2) is 0 Å². The van der Waals surface area contributed by atoms with Crippen LogP contribution >= 0.6 is 0 Å². The maximum atomic E-state index is 12.2. The molecule has 7 heteroatoms. The van der Waals surface area contributed by atoms with E-state index in [1.165, 1.54) is 4.90 Å². The number of carbonyl (C=O) groups is 1. The second kappa shape index (κ2) is 7.66. The van der Waals surface area contributed by atoms with Gasteiger partial charge in [0.2, 0.25) is 11.8 Å². The van der Waals surface area contributed by atoms with Gasteiger partial charge >= 0.3 is 6.18 Å². The fourth-order valence-corrected chi connectivity index (χ4v) is 2.64. The zero-order chi connectivity index (χ0) is 16.9. The summed E-state index contributed by atoms with van der Waals surface area (Å²) in [7, 11) is 0. The Bertz CT molecular complexity index is 534. The molecule has 0 aromatic carbocycles. The van der Waals surface area contributed by atoms with Crippen molar-refractivity contribution in [1.82, 2.24) is 9.88 Å². The van der Waals surface area contributed by atoms with Crippen LogP contribution in [-0.4, -0.2) is 41.7 Å². The van der Waals surface area contributed by atoms with E-state index in [-0.39, 0.29) is 5.92 Å². The summed E-state index contributed by atoms with van der Waals surface area (Å²) < 4.78 is 42.2. The first-order chi connectivity index (χ1) is 10.8.